The number of allylic oxidation sites excluding steroid dienone is 4. The van der Waals surface area contributed by atoms with Gasteiger partial charge in [-0.05, 0) is 36.8 Å². The van der Waals surface area contributed by atoms with Gasteiger partial charge >= 0.3 is 0 Å². The topological polar surface area (TPSA) is 15.6 Å². The van der Waals surface area contributed by atoms with Crippen LogP contribution < -0.4 is 0 Å². The first-order chi connectivity index (χ1) is 6.83. The Morgan fingerprint density at radius 2 is 2.00 bits per heavy atom. The molecule has 0 spiro atoms. The van der Waals surface area contributed by atoms with Gasteiger partial charge in [-0.25, -0.2) is 0 Å². The summed E-state index contributed by atoms with van der Waals surface area (Å²) < 4.78 is 0. The first-order valence-corrected chi connectivity index (χ1v) is 5.03. The second-order valence-electron chi connectivity index (χ2n) is 3.40. The monoisotopic (exact) mass is 190 g/mol. The lowest BCUT2D eigenvalue weighted by molar-refractivity contribution is 0.468. The van der Waals surface area contributed by atoms with E-state index in [2.05, 4.69) is 22.7 Å². The first-order valence-electron chi connectivity index (χ1n) is 5.03. The minimum absolute atomic E-state index is 1.01. The lowest BCUT2D eigenvalue weighted by Gasteiger charge is -2.09. The fraction of sp³-hybridized carbons (Fsp3) is 0.417. The summed E-state index contributed by atoms with van der Waals surface area (Å²) in [7, 11) is 1.76. The molecule has 0 aromatic rings. The van der Waals surface area contributed by atoms with E-state index < -0.39 is 0 Å². The molecule has 1 saturated heterocycles. The van der Waals surface area contributed by atoms with Gasteiger partial charge in [-0.1, -0.05) is 12.7 Å². The Balaban J connectivity index is 2.31. The van der Waals surface area contributed by atoms with Gasteiger partial charge in [-0.15, -0.1) is 0 Å². The van der Waals surface area contributed by atoms with E-state index >= 15 is 0 Å². The van der Waals surface area contributed by atoms with E-state index in [0.717, 1.165) is 5.57 Å². The second kappa shape index (κ2) is 6.19. The van der Waals surface area contributed by atoms with Crippen LogP contribution in [0.4, 0.5) is 0 Å². The summed E-state index contributed by atoms with van der Waals surface area (Å²) in [6.07, 6.45) is 12.4. The van der Waals surface area contributed by atoms with Crippen LogP contribution in [0.3, 0.4) is 0 Å². The highest BCUT2D eigenvalue weighted by molar-refractivity contribution is 5.71. The molecule has 0 radical (unpaired) electrons. The van der Waals surface area contributed by atoms with Gasteiger partial charge < -0.3 is 4.90 Å². The molecule has 0 aliphatic carbocycles. The zero-order chi connectivity index (χ0) is 10.2. The van der Waals surface area contributed by atoms with Gasteiger partial charge in [0, 0.05) is 26.4 Å². The number of rotatable bonds is 4. The maximum absolute atomic E-state index is 3.93. The minimum atomic E-state index is 1.01. The van der Waals surface area contributed by atoms with Gasteiger partial charge in [-0.3, -0.25) is 4.99 Å². The zero-order valence-corrected chi connectivity index (χ0v) is 8.82. The van der Waals surface area contributed by atoms with Crippen LogP contribution in [0.15, 0.2) is 41.6 Å². The van der Waals surface area contributed by atoms with Gasteiger partial charge in [0.15, 0.2) is 0 Å². The second-order valence-corrected chi connectivity index (χ2v) is 3.40. The van der Waals surface area contributed by atoms with Crippen molar-refractivity contribution in [2.24, 2.45) is 4.99 Å². The zero-order valence-electron chi connectivity index (χ0n) is 8.82. The van der Waals surface area contributed by atoms with Crippen molar-refractivity contribution in [2.45, 2.75) is 12.8 Å². The third kappa shape index (κ3) is 4.08. The minimum Gasteiger partial charge on any atom is -0.377 e. The van der Waals surface area contributed by atoms with Gasteiger partial charge in [0.25, 0.3) is 0 Å². The van der Waals surface area contributed by atoms with Crippen LogP contribution in [-0.2, 0) is 0 Å². The molecule has 1 heterocycles. The Bertz CT molecular complexity index is 255. The molecule has 1 fully saturated rings. The molecule has 0 N–H and O–H groups in total. The summed E-state index contributed by atoms with van der Waals surface area (Å²) in [5, 5.41) is 0. The lowest BCUT2D eigenvalue weighted by Crippen LogP contribution is -2.10. The van der Waals surface area contributed by atoms with Crippen molar-refractivity contribution in [3.8, 4) is 0 Å². The molecular weight excluding hydrogens is 172 g/mol. The lowest BCUT2D eigenvalue weighted by atomic mass is 10.3. The molecule has 76 valence electrons. The van der Waals surface area contributed by atoms with Crippen molar-refractivity contribution in [2.75, 3.05) is 20.1 Å². The molecule has 0 aromatic heterocycles. The van der Waals surface area contributed by atoms with E-state index in [9.17, 15) is 0 Å². The molecule has 2 nitrogen and oxygen atoms in total. The van der Waals surface area contributed by atoms with Crippen molar-refractivity contribution in [3.05, 3.63) is 36.6 Å². The van der Waals surface area contributed by atoms with E-state index in [1.165, 1.54) is 25.9 Å². The fourth-order valence-corrected chi connectivity index (χ4v) is 1.40. The van der Waals surface area contributed by atoms with Gasteiger partial charge in [0.1, 0.15) is 0 Å². The molecule has 1 aliphatic rings. The van der Waals surface area contributed by atoms with Crippen molar-refractivity contribution in [3.63, 3.8) is 0 Å². The molecule has 14 heavy (non-hydrogen) atoms. The van der Waals surface area contributed by atoms with Crippen molar-refractivity contribution in [1.29, 1.82) is 0 Å². The van der Waals surface area contributed by atoms with Crippen LogP contribution in [-0.4, -0.2) is 31.3 Å². The van der Waals surface area contributed by atoms with E-state index in [-0.39, 0.29) is 0 Å². The van der Waals surface area contributed by atoms with Gasteiger partial charge in [0.05, 0.1) is 0 Å². The summed E-state index contributed by atoms with van der Waals surface area (Å²) in [6, 6.07) is 0. The van der Waals surface area contributed by atoms with Crippen LogP contribution in [0.2, 0.25) is 0 Å². The molecule has 0 aromatic carbocycles. The third-order valence-electron chi connectivity index (χ3n) is 2.19. The predicted octanol–water partition coefficient (Wildman–Crippen LogP) is 2.41. The number of nitrogens with zero attached hydrogens (tertiary/aromatic N) is 2. The maximum atomic E-state index is 3.93. The molecule has 0 saturated carbocycles. The quantitative estimate of drug-likeness (QED) is 0.491. The molecule has 0 atom stereocenters. The number of aliphatic imine (C=N–C) groups is 1. The Labute approximate surface area is 86.3 Å². The summed E-state index contributed by atoms with van der Waals surface area (Å²) in [5.74, 6) is 0. The van der Waals surface area contributed by atoms with Crippen LogP contribution in [0.25, 0.3) is 0 Å². The van der Waals surface area contributed by atoms with E-state index in [4.69, 9.17) is 0 Å². The van der Waals surface area contributed by atoms with Crippen LogP contribution >= 0.6 is 0 Å². The van der Waals surface area contributed by atoms with E-state index in [1.54, 1.807) is 13.3 Å². The molecule has 1 rings (SSSR count). The van der Waals surface area contributed by atoms with Crippen molar-refractivity contribution < 1.29 is 0 Å². The molecular formula is C12H18N2. The Morgan fingerprint density at radius 1 is 1.29 bits per heavy atom. The van der Waals surface area contributed by atoms with Crippen molar-refractivity contribution >= 4 is 6.21 Å². The highest BCUT2D eigenvalue weighted by atomic mass is 15.1. The Morgan fingerprint density at radius 3 is 2.64 bits per heavy atom. The van der Waals surface area contributed by atoms with Crippen molar-refractivity contribution in [1.82, 2.24) is 4.90 Å². The molecule has 1 aliphatic heterocycles. The fourth-order valence-electron chi connectivity index (χ4n) is 1.40. The summed E-state index contributed by atoms with van der Waals surface area (Å²) in [4.78, 5) is 6.18. The normalized spacial score (nSPS) is 17.9. The average molecular weight is 190 g/mol. The maximum Gasteiger partial charge on any atom is 0.0277 e. The number of hydrogen-bond donors (Lipinski definition) is 0. The third-order valence-corrected chi connectivity index (χ3v) is 2.19. The SMILES string of the molecule is C=C(/C=C\C=N/C)/C=C/N1CCCC1. The van der Waals surface area contributed by atoms with Gasteiger partial charge in [0.2, 0.25) is 0 Å². The first kappa shape index (κ1) is 10.8. The standard InChI is InChI=1S/C12H18N2/c1-12(6-5-8-13-2)7-11-14-9-3-4-10-14/h5-8,11H,1,3-4,9-10H2,2H3/b6-5-,11-7+,13-8-. The highest BCUT2D eigenvalue weighted by Gasteiger charge is 2.05. The average Bonchev–Trinajstić information content (AvgIpc) is 2.68. The van der Waals surface area contributed by atoms with E-state index in [0.29, 0.717) is 0 Å². The van der Waals surface area contributed by atoms with Crippen LogP contribution in [0, 0.1) is 0 Å². The largest absolute Gasteiger partial charge is 0.377 e. The summed E-state index contributed by atoms with van der Waals surface area (Å²) >= 11 is 0. The molecule has 2 heteroatoms. The number of hydrogen-bond acceptors (Lipinski definition) is 2. The summed E-state index contributed by atoms with van der Waals surface area (Å²) in [5.41, 5.74) is 1.01. The van der Waals surface area contributed by atoms with E-state index in [1.807, 2.05) is 18.2 Å². The predicted molar refractivity (Wildman–Crippen MR) is 62.6 cm³/mol. The Kier molecular flexibility index (Phi) is 4.76. The Hall–Kier alpha value is -1.31. The summed E-state index contributed by atoms with van der Waals surface area (Å²) in [6.45, 7) is 6.29. The molecule has 0 bridgehead atoms. The van der Waals surface area contributed by atoms with Crippen LogP contribution in [0.1, 0.15) is 12.8 Å². The highest BCUT2D eigenvalue weighted by Crippen LogP contribution is 2.08. The van der Waals surface area contributed by atoms with Gasteiger partial charge in [-0.2, -0.15) is 0 Å². The number of likely N-dealkylation sites (tertiary alicyclic amines) is 1. The molecule has 0 amide bonds. The van der Waals surface area contributed by atoms with Crippen LogP contribution in [0.5, 0.6) is 0 Å². The molecule has 0 unspecified atom stereocenters. The smallest absolute Gasteiger partial charge is 0.0277 e.